The topological polar surface area (TPSA) is 99.6 Å². The van der Waals surface area contributed by atoms with Crippen LogP contribution in [-0.4, -0.2) is 45.4 Å². The molecule has 8 heteroatoms. The Bertz CT molecular complexity index is 696. The fourth-order valence-corrected chi connectivity index (χ4v) is 4.58. The van der Waals surface area contributed by atoms with Crippen LogP contribution in [0.1, 0.15) is 65.4 Å². The van der Waals surface area contributed by atoms with Crippen molar-refractivity contribution in [3.8, 4) is 0 Å². The molecule has 3 rings (SSSR count). The standard InChI is InChI=1S/C17H23N3O4S/c1-9-14(17(23)24)25-16(19-9)10(2)18-15(22)11-7-13(21)20(8-11)12-5-3-4-6-12/h10-12H,3-8H2,1-2H3,(H,18,22)(H,23,24). The summed E-state index contributed by atoms with van der Waals surface area (Å²) in [5.74, 6) is -1.44. The average Bonchev–Trinajstić information content (AvgIpc) is 3.25. The van der Waals surface area contributed by atoms with E-state index >= 15 is 0 Å². The van der Waals surface area contributed by atoms with Crippen molar-refractivity contribution < 1.29 is 19.5 Å². The Morgan fingerprint density at radius 3 is 2.64 bits per heavy atom. The molecule has 1 saturated carbocycles. The van der Waals surface area contributed by atoms with Gasteiger partial charge in [-0.3, -0.25) is 9.59 Å². The minimum absolute atomic E-state index is 0.0676. The van der Waals surface area contributed by atoms with E-state index in [1.54, 1.807) is 13.8 Å². The Labute approximate surface area is 150 Å². The minimum Gasteiger partial charge on any atom is -0.477 e. The maximum absolute atomic E-state index is 12.5. The molecule has 1 aliphatic heterocycles. The van der Waals surface area contributed by atoms with Gasteiger partial charge in [-0.25, -0.2) is 9.78 Å². The molecule has 2 fully saturated rings. The van der Waals surface area contributed by atoms with Crippen LogP contribution in [0.15, 0.2) is 0 Å². The lowest BCUT2D eigenvalue weighted by Gasteiger charge is -2.24. The Balaban J connectivity index is 1.61. The molecule has 2 amide bonds. The van der Waals surface area contributed by atoms with Gasteiger partial charge < -0.3 is 15.3 Å². The number of carboxylic acid groups (broad SMARTS) is 1. The summed E-state index contributed by atoms with van der Waals surface area (Å²) < 4.78 is 0. The van der Waals surface area contributed by atoms with Gasteiger partial charge in [0, 0.05) is 19.0 Å². The van der Waals surface area contributed by atoms with Crippen LogP contribution in [0.5, 0.6) is 0 Å². The fourth-order valence-electron chi connectivity index (χ4n) is 3.67. The number of nitrogens with one attached hydrogen (secondary N) is 1. The molecule has 2 aliphatic rings. The third-order valence-electron chi connectivity index (χ3n) is 5.03. The van der Waals surface area contributed by atoms with Gasteiger partial charge in [0.2, 0.25) is 11.8 Å². The van der Waals surface area contributed by atoms with Crippen LogP contribution in [0.2, 0.25) is 0 Å². The number of aromatic carboxylic acids is 1. The molecule has 0 bridgehead atoms. The molecule has 1 saturated heterocycles. The van der Waals surface area contributed by atoms with Crippen LogP contribution in [0.25, 0.3) is 0 Å². The number of carboxylic acids is 1. The van der Waals surface area contributed by atoms with Crippen molar-refractivity contribution >= 4 is 29.1 Å². The number of nitrogens with zero attached hydrogens (tertiary/aromatic N) is 2. The van der Waals surface area contributed by atoms with Gasteiger partial charge in [-0.05, 0) is 26.7 Å². The van der Waals surface area contributed by atoms with Crippen LogP contribution in [0, 0.1) is 12.8 Å². The van der Waals surface area contributed by atoms with E-state index in [2.05, 4.69) is 10.3 Å². The second-order valence-electron chi connectivity index (χ2n) is 6.89. The summed E-state index contributed by atoms with van der Waals surface area (Å²) in [5, 5.41) is 12.6. The van der Waals surface area contributed by atoms with E-state index < -0.39 is 5.97 Å². The van der Waals surface area contributed by atoms with Crippen molar-refractivity contribution in [3.05, 3.63) is 15.6 Å². The Morgan fingerprint density at radius 1 is 1.36 bits per heavy atom. The molecule has 7 nitrogen and oxygen atoms in total. The maximum Gasteiger partial charge on any atom is 0.347 e. The molecule has 0 aromatic carbocycles. The number of aromatic nitrogens is 1. The summed E-state index contributed by atoms with van der Waals surface area (Å²) in [7, 11) is 0. The molecular weight excluding hydrogens is 342 g/mol. The van der Waals surface area contributed by atoms with Gasteiger partial charge in [-0.1, -0.05) is 12.8 Å². The summed E-state index contributed by atoms with van der Waals surface area (Å²) in [6, 6.07) is -0.0811. The van der Waals surface area contributed by atoms with Gasteiger partial charge in [-0.15, -0.1) is 11.3 Å². The lowest BCUT2D eigenvalue weighted by molar-refractivity contribution is -0.130. The van der Waals surface area contributed by atoms with E-state index in [0.29, 0.717) is 23.3 Å². The summed E-state index contributed by atoms with van der Waals surface area (Å²) in [6.45, 7) is 3.92. The zero-order chi connectivity index (χ0) is 18.1. The minimum atomic E-state index is -1.01. The summed E-state index contributed by atoms with van der Waals surface area (Å²) in [4.78, 5) is 42.2. The van der Waals surface area contributed by atoms with Gasteiger partial charge >= 0.3 is 5.97 Å². The van der Waals surface area contributed by atoms with E-state index in [9.17, 15) is 14.4 Å². The highest BCUT2D eigenvalue weighted by atomic mass is 32.1. The first-order valence-corrected chi connectivity index (χ1v) is 9.49. The third-order valence-corrected chi connectivity index (χ3v) is 6.36. The van der Waals surface area contributed by atoms with Crippen molar-refractivity contribution in [1.82, 2.24) is 15.2 Å². The molecule has 0 radical (unpaired) electrons. The molecule has 1 aromatic rings. The van der Waals surface area contributed by atoms with Crippen LogP contribution in [-0.2, 0) is 9.59 Å². The zero-order valence-corrected chi connectivity index (χ0v) is 15.3. The highest BCUT2D eigenvalue weighted by Crippen LogP contribution is 2.30. The molecule has 0 spiro atoms. The van der Waals surface area contributed by atoms with Gasteiger partial charge in [0.05, 0.1) is 17.7 Å². The predicted octanol–water partition coefficient (Wildman–Crippen LogP) is 2.12. The van der Waals surface area contributed by atoms with E-state index in [4.69, 9.17) is 5.11 Å². The van der Waals surface area contributed by atoms with Crippen molar-refractivity contribution in [3.63, 3.8) is 0 Å². The maximum atomic E-state index is 12.5. The Morgan fingerprint density at radius 2 is 2.04 bits per heavy atom. The number of amides is 2. The first-order valence-electron chi connectivity index (χ1n) is 8.67. The van der Waals surface area contributed by atoms with E-state index in [1.807, 2.05) is 4.90 Å². The largest absolute Gasteiger partial charge is 0.477 e. The highest BCUT2D eigenvalue weighted by molar-refractivity contribution is 7.13. The number of carbonyl (C=O) groups excluding carboxylic acids is 2. The lowest BCUT2D eigenvalue weighted by Crippen LogP contribution is -2.37. The number of rotatable bonds is 5. The molecule has 1 aliphatic carbocycles. The average molecular weight is 365 g/mol. The lowest BCUT2D eigenvalue weighted by atomic mass is 10.1. The molecule has 2 unspecified atom stereocenters. The number of aryl methyl sites for hydroxylation is 1. The van der Waals surface area contributed by atoms with E-state index in [-0.39, 0.29) is 35.1 Å². The molecule has 2 atom stereocenters. The predicted molar refractivity (Wildman–Crippen MR) is 92.4 cm³/mol. The fraction of sp³-hybridized carbons (Fsp3) is 0.647. The van der Waals surface area contributed by atoms with Crippen molar-refractivity contribution in [2.45, 2.75) is 58.0 Å². The molecule has 136 valence electrons. The van der Waals surface area contributed by atoms with E-state index in [1.165, 1.54) is 0 Å². The monoisotopic (exact) mass is 365 g/mol. The first-order chi connectivity index (χ1) is 11.9. The number of carbonyl (C=O) groups is 3. The number of likely N-dealkylation sites (tertiary alicyclic amines) is 1. The smallest absolute Gasteiger partial charge is 0.347 e. The SMILES string of the molecule is Cc1nc(C(C)NC(=O)C2CC(=O)N(C3CCCC3)C2)sc1C(=O)O. The van der Waals surface area contributed by atoms with E-state index in [0.717, 1.165) is 37.0 Å². The Hall–Kier alpha value is -1.96. The van der Waals surface area contributed by atoms with Crippen LogP contribution >= 0.6 is 11.3 Å². The number of hydrogen-bond acceptors (Lipinski definition) is 5. The molecule has 2 N–H and O–H groups in total. The van der Waals surface area contributed by atoms with Gasteiger partial charge in [0.15, 0.2) is 0 Å². The van der Waals surface area contributed by atoms with Crippen molar-refractivity contribution in [1.29, 1.82) is 0 Å². The summed E-state index contributed by atoms with van der Waals surface area (Å²) in [5.41, 5.74) is 0.456. The molecule has 25 heavy (non-hydrogen) atoms. The van der Waals surface area contributed by atoms with Crippen LogP contribution < -0.4 is 5.32 Å². The van der Waals surface area contributed by atoms with Gasteiger partial charge in [-0.2, -0.15) is 0 Å². The van der Waals surface area contributed by atoms with Gasteiger partial charge in [0.25, 0.3) is 0 Å². The number of hydrogen-bond donors (Lipinski definition) is 2. The van der Waals surface area contributed by atoms with Crippen LogP contribution in [0.4, 0.5) is 0 Å². The molecule has 2 heterocycles. The second-order valence-corrected chi connectivity index (χ2v) is 7.92. The third kappa shape index (κ3) is 3.68. The quantitative estimate of drug-likeness (QED) is 0.832. The molecule has 1 aromatic heterocycles. The number of thiazole rings is 1. The second kappa shape index (κ2) is 7.11. The summed E-state index contributed by atoms with van der Waals surface area (Å²) in [6.07, 6.45) is 4.63. The van der Waals surface area contributed by atoms with Crippen molar-refractivity contribution in [2.24, 2.45) is 5.92 Å². The molecular formula is C17H23N3O4S. The first kappa shape index (κ1) is 17.8. The summed E-state index contributed by atoms with van der Waals surface area (Å²) >= 11 is 1.08. The van der Waals surface area contributed by atoms with Crippen molar-refractivity contribution in [2.75, 3.05) is 6.54 Å². The normalized spacial score (nSPS) is 22.4. The highest BCUT2D eigenvalue weighted by Gasteiger charge is 2.39. The zero-order valence-electron chi connectivity index (χ0n) is 14.4. The van der Waals surface area contributed by atoms with Crippen LogP contribution in [0.3, 0.4) is 0 Å². The Kier molecular flexibility index (Phi) is 5.08. The van der Waals surface area contributed by atoms with Gasteiger partial charge in [0.1, 0.15) is 9.88 Å².